The highest BCUT2D eigenvalue weighted by atomic mass is 35.5. The smallest absolute Gasteiger partial charge is 0.266 e. The number of halogens is 1. The first kappa shape index (κ1) is 19.8. The van der Waals surface area contributed by atoms with Gasteiger partial charge in [-0.1, -0.05) is 53.7 Å². The van der Waals surface area contributed by atoms with Gasteiger partial charge in [0.15, 0.2) is 16.6 Å². The van der Waals surface area contributed by atoms with Gasteiger partial charge in [-0.2, -0.15) is 0 Å². The van der Waals surface area contributed by atoms with Gasteiger partial charge in [0.1, 0.15) is 0 Å². The fourth-order valence-corrected chi connectivity index (χ4v) is 4.88. The van der Waals surface area contributed by atoms with E-state index in [1.165, 1.54) is 27.9 Å². The minimum Gasteiger partial charge on any atom is -0.308 e. The maximum Gasteiger partial charge on any atom is 0.266 e. The summed E-state index contributed by atoms with van der Waals surface area (Å²) < 4.78 is 1.51. The number of carbonyl (C=O) groups is 1. The van der Waals surface area contributed by atoms with Crippen LogP contribution in [-0.4, -0.2) is 37.3 Å². The largest absolute Gasteiger partial charge is 0.308 e. The predicted octanol–water partition coefficient (Wildman–Crippen LogP) is 3.81. The summed E-state index contributed by atoms with van der Waals surface area (Å²) in [5, 5.41) is 3.75. The molecule has 1 aliphatic heterocycles. The molecule has 9 heteroatoms. The van der Waals surface area contributed by atoms with Crippen molar-refractivity contribution in [2.45, 2.75) is 24.5 Å². The summed E-state index contributed by atoms with van der Waals surface area (Å²) in [7, 11) is 0. The van der Waals surface area contributed by atoms with Gasteiger partial charge in [-0.3, -0.25) is 14.7 Å². The molecule has 0 saturated heterocycles. The Morgan fingerprint density at radius 2 is 2.03 bits per heavy atom. The standard InChI is InChI=1S/C22H18ClN5O2S/c1-13-9-14-5-2-3-8-17(14)27(13)20(30)12-31-22-25-21(15-6-4-7-16(23)10-15)24-18-11-19(29)26-28(18)22/h2-8,10-11,13H,9,12H2,1H3,(H,26,29). The van der Waals surface area contributed by atoms with E-state index in [9.17, 15) is 9.59 Å². The van der Waals surface area contributed by atoms with Gasteiger partial charge in [0.25, 0.3) is 5.56 Å². The van der Waals surface area contributed by atoms with Crippen molar-refractivity contribution in [3.8, 4) is 11.4 Å². The van der Waals surface area contributed by atoms with Crippen LogP contribution in [-0.2, 0) is 11.2 Å². The number of hydrogen-bond acceptors (Lipinski definition) is 5. The van der Waals surface area contributed by atoms with Gasteiger partial charge in [-0.25, -0.2) is 14.5 Å². The zero-order valence-corrected chi connectivity index (χ0v) is 18.2. The number of thioether (sulfide) groups is 1. The molecule has 7 nitrogen and oxygen atoms in total. The van der Waals surface area contributed by atoms with E-state index in [1.54, 1.807) is 12.1 Å². The normalized spacial score (nSPS) is 15.4. The summed E-state index contributed by atoms with van der Waals surface area (Å²) in [5.74, 6) is 0.615. The molecule has 31 heavy (non-hydrogen) atoms. The Kier molecular flexibility index (Phi) is 5.03. The molecule has 1 amide bonds. The molecule has 0 aliphatic carbocycles. The van der Waals surface area contributed by atoms with Crippen LogP contribution in [0.3, 0.4) is 0 Å². The van der Waals surface area contributed by atoms with Crippen LogP contribution in [0.15, 0.2) is 64.5 Å². The number of rotatable bonds is 4. The zero-order valence-electron chi connectivity index (χ0n) is 16.6. The number of benzene rings is 2. The quantitative estimate of drug-likeness (QED) is 0.477. The first-order chi connectivity index (χ1) is 15.0. The molecule has 1 N–H and O–H groups in total. The Labute approximate surface area is 187 Å². The van der Waals surface area contributed by atoms with Gasteiger partial charge in [-0.05, 0) is 37.1 Å². The van der Waals surface area contributed by atoms with Gasteiger partial charge in [0.05, 0.1) is 5.75 Å². The van der Waals surface area contributed by atoms with Crippen LogP contribution in [0, 0.1) is 0 Å². The van der Waals surface area contributed by atoms with Gasteiger partial charge in [0, 0.05) is 28.4 Å². The molecule has 1 aliphatic rings. The number of anilines is 1. The van der Waals surface area contributed by atoms with E-state index in [2.05, 4.69) is 21.1 Å². The van der Waals surface area contributed by atoms with Crippen molar-refractivity contribution in [2.75, 3.05) is 10.7 Å². The second-order valence-electron chi connectivity index (χ2n) is 7.39. The maximum atomic E-state index is 13.1. The molecule has 2 aromatic carbocycles. The van der Waals surface area contributed by atoms with E-state index >= 15 is 0 Å². The summed E-state index contributed by atoms with van der Waals surface area (Å²) in [6, 6.07) is 16.7. The van der Waals surface area contributed by atoms with Crippen molar-refractivity contribution in [1.29, 1.82) is 0 Å². The monoisotopic (exact) mass is 451 g/mol. The molecule has 2 aromatic heterocycles. The summed E-state index contributed by atoms with van der Waals surface area (Å²) in [4.78, 5) is 35.9. The minimum absolute atomic E-state index is 0.00646. The number of amides is 1. The average molecular weight is 452 g/mol. The summed E-state index contributed by atoms with van der Waals surface area (Å²) in [6.07, 6.45) is 0.841. The van der Waals surface area contributed by atoms with E-state index in [4.69, 9.17) is 11.6 Å². The second kappa shape index (κ2) is 7.86. The second-order valence-corrected chi connectivity index (χ2v) is 8.77. The van der Waals surface area contributed by atoms with Crippen LogP contribution >= 0.6 is 23.4 Å². The summed E-state index contributed by atoms with van der Waals surface area (Å²) in [6.45, 7) is 2.05. The number of H-pyrrole nitrogens is 1. The highest BCUT2D eigenvalue weighted by molar-refractivity contribution is 7.99. The highest BCUT2D eigenvalue weighted by Gasteiger charge is 2.30. The summed E-state index contributed by atoms with van der Waals surface area (Å²) in [5.41, 5.74) is 3.02. The third-order valence-corrected chi connectivity index (χ3v) is 6.37. The predicted molar refractivity (Wildman–Crippen MR) is 122 cm³/mol. The van der Waals surface area contributed by atoms with E-state index < -0.39 is 0 Å². The number of nitrogens with zero attached hydrogens (tertiary/aromatic N) is 4. The van der Waals surface area contributed by atoms with E-state index in [0.717, 1.165) is 17.7 Å². The van der Waals surface area contributed by atoms with Crippen molar-refractivity contribution < 1.29 is 4.79 Å². The lowest BCUT2D eigenvalue weighted by atomic mass is 10.1. The third kappa shape index (κ3) is 3.73. The first-order valence-electron chi connectivity index (χ1n) is 9.78. The molecule has 0 fully saturated rings. The van der Waals surface area contributed by atoms with Crippen molar-refractivity contribution >= 4 is 40.6 Å². The molecular formula is C22H18ClN5O2S. The zero-order chi connectivity index (χ0) is 21.5. The fourth-order valence-electron chi connectivity index (χ4n) is 3.88. The van der Waals surface area contributed by atoms with Crippen LogP contribution in [0.2, 0.25) is 5.02 Å². The molecule has 1 unspecified atom stereocenters. The molecule has 0 bridgehead atoms. The lowest BCUT2D eigenvalue weighted by molar-refractivity contribution is -0.116. The van der Waals surface area contributed by atoms with Crippen LogP contribution in [0.4, 0.5) is 5.69 Å². The Morgan fingerprint density at radius 1 is 1.19 bits per heavy atom. The molecule has 5 rings (SSSR count). The first-order valence-corrected chi connectivity index (χ1v) is 11.1. The molecule has 0 spiro atoms. The molecule has 4 aromatic rings. The van der Waals surface area contributed by atoms with Crippen molar-refractivity contribution in [2.24, 2.45) is 0 Å². The Hall–Kier alpha value is -3.10. The van der Waals surface area contributed by atoms with Crippen LogP contribution in [0.25, 0.3) is 17.0 Å². The van der Waals surface area contributed by atoms with Crippen LogP contribution < -0.4 is 10.5 Å². The number of para-hydroxylation sites is 1. The number of hydrogen-bond donors (Lipinski definition) is 1. The summed E-state index contributed by atoms with van der Waals surface area (Å²) >= 11 is 7.38. The number of nitrogens with one attached hydrogen (secondary N) is 1. The van der Waals surface area contributed by atoms with Crippen molar-refractivity contribution in [3.05, 3.63) is 75.5 Å². The van der Waals surface area contributed by atoms with Gasteiger partial charge < -0.3 is 4.90 Å². The van der Waals surface area contributed by atoms with Crippen molar-refractivity contribution in [3.63, 3.8) is 0 Å². The fraction of sp³-hybridized carbons (Fsp3) is 0.182. The highest BCUT2D eigenvalue weighted by Crippen LogP contribution is 2.33. The van der Waals surface area contributed by atoms with Crippen LogP contribution in [0.1, 0.15) is 12.5 Å². The topological polar surface area (TPSA) is 83.4 Å². The molecule has 156 valence electrons. The molecule has 3 heterocycles. The Balaban J connectivity index is 1.46. The SMILES string of the molecule is CC1Cc2ccccc2N1C(=O)CSc1nc(-c2cccc(Cl)c2)nc2cc(=O)[nH]n12. The van der Waals surface area contributed by atoms with Gasteiger partial charge in [-0.15, -0.1) is 0 Å². The number of carbonyl (C=O) groups excluding carboxylic acids is 1. The Bertz CT molecular complexity index is 1370. The van der Waals surface area contributed by atoms with Crippen molar-refractivity contribution in [1.82, 2.24) is 19.6 Å². The number of aromatic amines is 1. The van der Waals surface area contributed by atoms with E-state index in [1.807, 2.05) is 42.2 Å². The van der Waals surface area contributed by atoms with E-state index in [-0.39, 0.29) is 23.3 Å². The number of fused-ring (bicyclic) bond motifs is 2. The van der Waals surface area contributed by atoms with E-state index in [0.29, 0.717) is 21.7 Å². The van der Waals surface area contributed by atoms with Gasteiger partial charge in [0.2, 0.25) is 5.91 Å². The number of aromatic nitrogens is 4. The molecule has 1 atom stereocenters. The third-order valence-electron chi connectivity index (χ3n) is 5.21. The average Bonchev–Trinajstić information content (AvgIpc) is 3.29. The lowest BCUT2D eigenvalue weighted by Crippen LogP contribution is -2.37. The maximum absolute atomic E-state index is 13.1. The Morgan fingerprint density at radius 3 is 2.87 bits per heavy atom. The molecular weight excluding hydrogens is 434 g/mol. The molecule has 0 radical (unpaired) electrons. The minimum atomic E-state index is -0.284. The van der Waals surface area contributed by atoms with Crippen LogP contribution in [0.5, 0.6) is 0 Å². The lowest BCUT2D eigenvalue weighted by Gasteiger charge is -2.22. The molecule has 0 saturated carbocycles. The van der Waals surface area contributed by atoms with Gasteiger partial charge >= 0.3 is 0 Å².